The Labute approximate surface area is 166 Å². The molecule has 3 rings (SSSR count). The van der Waals surface area contributed by atoms with Gasteiger partial charge in [-0.2, -0.15) is 0 Å². The summed E-state index contributed by atoms with van der Waals surface area (Å²) in [4.78, 5) is 14.4. The van der Waals surface area contributed by atoms with Gasteiger partial charge in [-0.1, -0.05) is 13.8 Å². The van der Waals surface area contributed by atoms with Gasteiger partial charge in [0.1, 0.15) is 5.01 Å². The fraction of sp³-hybridized carbons (Fsp3) is 0.400. The van der Waals surface area contributed by atoms with Crippen molar-refractivity contribution in [2.24, 2.45) is 4.99 Å². The number of aromatic nitrogens is 3. The smallest absolute Gasteiger partial charge is 0.193 e. The molecule has 24 heavy (non-hydrogen) atoms. The molecular formula is C15H21IN6S2. The molecule has 0 aliphatic carbocycles. The van der Waals surface area contributed by atoms with E-state index in [-0.39, 0.29) is 24.0 Å². The Bertz CT molecular complexity index is 775. The molecule has 3 heterocycles. The van der Waals surface area contributed by atoms with Crippen molar-refractivity contribution in [3.05, 3.63) is 39.5 Å². The van der Waals surface area contributed by atoms with E-state index in [0.29, 0.717) is 19.0 Å². The molecule has 2 N–H and O–H groups in total. The van der Waals surface area contributed by atoms with Gasteiger partial charge in [-0.15, -0.1) is 46.7 Å². The van der Waals surface area contributed by atoms with E-state index in [0.717, 1.165) is 27.3 Å². The van der Waals surface area contributed by atoms with E-state index in [4.69, 9.17) is 0 Å². The van der Waals surface area contributed by atoms with Gasteiger partial charge in [0, 0.05) is 30.2 Å². The zero-order valence-corrected chi connectivity index (χ0v) is 17.8. The van der Waals surface area contributed by atoms with Gasteiger partial charge in [-0.05, 0) is 5.92 Å². The molecule has 0 atom stereocenters. The molecule has 0 saturated heterocycles. The lowest BCUT2D eigenvalue weighted by Crippen LogP contribution is -2.36. The molecule has 0 aliphatic rings. The van der Waals surface area contributed by atoms with Crippen LogP contribution in [0.3, 0.4) is 0 Å². The Balaban J connectivity index is 0.00000208. The number of nitrogens with one attached hydrogen (secondary N) is 2. The van der Waals surface area contributed by atoms with E-state index in [2.05, 4.69) is 44.8 Å². The van der Waals surface area contributed by atoms with Crippen molar-refractivity contribution in [1.29, 1.82) is 0 Å². The third-order valence-corrected chi connectivity index (χ3v) is 5.01. The van der Waals surface area contributed by atoms with Gasteiger partial charge in [0.15, 0.2) is 10.9 Å². The highest BCUT2D eigenvalue weighted by Gasteiger charge is 2.07. The molecule has 0 radical (unpaired) electrons. The van der Waals surface area contributed by atoms with Crippen LogP contribution in [0.15, 0.2) is 28.1 Å². The molecule has 0 aromatic carbocycles. The third kappa shape index (κ3) is 4.67. The van der Waals surface area contributed by atoms with E-state index in [9.17, 15) is 0 Å². The number of fused-ring (bicyclic) bond motifs is 1. The summed E-state index contributed by atoms with van der Waals surface area (Å²) in [6.07, 6.45) is 4.04. The molecule has 3 aromatic heterocycles. The predicted molar refractivity (Wildman–Crippen MR) is 112 cm³/mol. The Kier molecular flexibility index (Phi) is 6.99. The molecule has 0 fully saturated rings. The molecule has 9 heteroatoms. The van der Waals surface area contributed by atoms with E-state index in [1.807, 2.05) is 22.2 Å². The minimum Gasteiger partial charge on any atom is -0.351 e. The Morgan fingerprint density at radius 2 is 2.04 bits per heavy atom. The number of guanidine groups is 1. The number of aliphatic imine (C=N–C) groups is 1. The van der Waals surface area contributed by atoms with Gasteiger partial charge in [0.2, 0.25) is 0 Å². The molecule has 6 nitrogen and oxygen atoms in total. The number of halogens is 1. The topological polar surface area (TPSA) is 66.6 Å². The number of imidazole rings is 1. The van der Waals surface area contributed by atoms with Crippen LogP contribution in [0, 0.1) is 0 Å². The molecule has 3 aromatic rings. The highest BCUT2D eigenvalue weighted by atomic mass is 127. The number of nitrogens with zero attached hydrogens (tertiary/aromatic N) is 4. The number of hydrogen-bond donors (Lipinski definition) is 2. The number of hydrogen-bond acceptors (Lipinski definition) is 5. The van der Waals surface area contributed by atoms with Crippen LogP contribution in [0.5, 0.6) is 0 Å². The van der Waals surface area contributed by atoms with E-state index < -0.39 is 0 Å². The second-order valence-corrected chi connectivity index (χ2v) is 7.24. The van der Waals surface area contributed by atoms with Crippen molar-refractivity contribution in [3.8, 4) is 0 Å². The summed E-state index contributed by atoms with van der Waals surface area (Å²) in [5, 5.41) is 11.8. The maximum Gasteiger partial charge on any atom is 0.193 e. The highest BCUT2D eigenvalue weighted by Crippen LogP contribution is 2.17. The van der Waals surface area contributed by atoms with Crippen molar-refractivity contribution < 1.29 is 0 Å². The van der Waals surface area contributed by atoms with E-state index >= 15 is 0 Å². The lowest BCUT2D eigenvalue weighted by atomic mass is 10.2. The van der Waals surface area contributed by atoms with Crippen LogP contribution in [0.2, 0.25) is 0 Å². The highest BCUT2D eigenvalue weighted by molar-refractivity contribution is 14.0. The molecule has 0 spiro atoms. The average Bonchev–Trinajstić information content (AvgIpc) is 3.22. The minimum atomic E-state index is 0. The lowest BCUT2D eigenvalue weighted by Gasteiger charge is -2.09. The van der Waals surface area contributed by atoms with Gasteiger partial charge in [-0.25, -0.2) is 9.97 Å². The predicted octanol–water partition coefficient (Wildman–Crippen LogP) is 3.46. The van der Waals surface area contributed by atoms with Gasteiger partial charge in [0.05, 0.1) is 24.5 Å². The normalized spacial score (nSPS) is 11.8. The first kappa shape index (κ1) is 19.1. The first-order valence-electron chi connectivity index (χ1n) is 7.45. The van der Waals surface area contributed by atoms with Crippen LogP contribution in [0.4, 0.5) is 0 Å². The van der Waals surface area contributed by atoms with Crippen LogP contribution in [-0.4, -0.2) is 27.4 Å². The summed E-state index contributed by atoms with van der Waals surface area (Å²) in [5.41, 5.74) is 2.14. The fourth-order valence-electron chi connectivity index (χ4n) is 2.09. The second kappa shape index (κ2) is 8.77. The van der Waals surface area contributed by atoms with Crippen LogP contribution in [0.1, 0.15) is 36.2 Å². The summed E-state index contributed by atoms with van der Waals surface area (Å²) < 4.78 is 2.03. The van der Waals surface area contributed by atoms with E-state index in [1.54, 1.807) is 29.7 Å². The summed E-state index contributed by atoms with van der Waals surface area (Å²) in [6.45, 7) is 5.63. The summed E-state index contributed by atoms with van der Waals surface area (Å²) >= 11 is 3.31. The van der Waals surface area contributed by atoms with Gasteiger partial charge >= 0.3 is 0 Å². The molecule has 0 amide bonds. The summed E-state index contributed by atoms with van der Waals surface area (Å²) in [5.74, 6) is 1.22. The van der Waals surface area contributed by atoms with Crippen molar-refractivity contribution >= 4 is 57.6 Å². The Hall–Kier alpha value is -1.20. The molecule has 0 aliphatic heterocycles. The SMILES string of the molecule is CN=C(NCc1cn2ccsc2n1)NCc1nc(C(C)C)cs1.I. The van der Waals surface area contributed by atoms with Gasteiger partial charge in [0.25, 0.3) is 0 Å². The molecule has 130 valence electrons. The van der Waals surface area contributed by atoms with Crippen LogP contribution in [-0.2, 0) is 13.1 Å². The van der Waals surface area contributed by atoms with Gasteiger partial charge < -0.3 is 10.6 Å². The second-order valence-electron chi connectivity index (χ2n) is 5.43. The van der Waals surface area contributed by atoms with Crippen LogP contribution in [0.25, 0.3) is 4.96 Å². The zero-order valence-electron chi connectivity index (χ0n) is 13.8. The first-order valence-corrected chi connectivity index (χ1v) is 9.21. The van der Waals surface area contributed by atoms with Crippen molar-refractivity contribution in [2.75, 3.05) is 7.05 Å². The van der Waals surface area contributed by atoms with Crippen molar-refractivity contribution in [1.82, 2.24) is 25.0 Å². The average molecular weight is 476 g/mol. The third-order valence-electron chi connectivity index (χ3n) is 3.37. The van der Waals surface area contributed by atoms with Crippen molar-refractivity contribution in [3.63, 3.8) is 0 Å². The fourth-order valence-corrected chi connectivity index (χ4v) is 3.70. The quantitative estimate of drug-likeness (QED) is 0.336. The molecule has 0 saturated carbocycles. The van der Waals surface area contributed by atoms with E-state index in [1.165, 1.54) is 0 Å². The standard InChI is InChI=1S/C15H20N6S2.HI/c1-10(2)12-9-23-13(20-12)7-18-14(16-3)17-6-11-8-21-4-5-22-15(21)19-11;/h4-5,8-10H,6-7H2,1-3H3,(H2,16,17,18);1H. The Morgan fingerprint density at radius 3 is 2.71 bits per heavy atom. The van der Waals surface area contributed by atoms with Crippen LogP contribution >= 0.6 is 46.7 Å². The lowest BCUT2D eigenvalue weighted by molar-refractivity contribution is 0.780. The summed E-state index contributed by atoms with van der Waals surface area (Å²) in [7, 11) is 1.77. The largest absolute Gasteiger partial charge is 0.351 e. The van der Waals surface area contributed by atoms with Gasteiger partial charge in [-0.3, -0.25) is 9.39 Å². The van der Waals surface area contributed by atoms with Crippen molar-refractivity contribution in [2.45, 2.75) is 32.9 Å². The summed E-state index contributed by atoms with van der Waals surface area (Å²) in [6, 6.07) is 0. The monoisotopic (exact) mass is 476 g/mol. The number of thiazole rings is 2. The van der Waals surface area contributed by atoms with Crippen LogP contribution < -0.4 is 10.6 Å². The molecular weight excluding hydrogens is 455 g/mol. The first-order chi connectivity index (χ1) is 11.2. The zero-order chi connectivity index (χ0) is 16.2. The maximum atomic E-state index is 4.62. The maximum absolute atomic E-state index is 4.62. The number of rotatable bonds is 5. The Morgan fingerprint density at radius 1 is 1.25 bits per heavy atom. The molecule has 0 bridgehead atoms. The minimum absolute atomic E-state index is 0. The molecule has 0 unspecified atom stereocenters.